The van der Waals surface area contributed by atoms with Crippen LogP contribution in [0, 0.1) is 12.7 Å². The summed E-state index contributed by atoms with van der Waals surface area (Å²) < 4.78 is 25.1. The van der Waals surface area contributed by atoms with Crippen LogP contribution in [0.15, 0.2) is 33.6 Å². The number of aryl methyl sites for hydroxylation is 1. The number of carbonyl (C=O) groups is 2. The lowest BCUT2D eigenvalue weighted by molar-refractivity contribution is -0.132. The van der Waals surface area contributed by atoms with Crippen molar-refractivity contribution in [2.45, 2.75) is 20.4 Å². The van der Waals surface area contributed by atoms with Crippen LogP contribution in [0.4, 0.5) is 10.1 Å². The van der Waals surface area contributed by atoms with E-state index < -0.39 is 11.5 Å². The second-order valence-corrected chi connectivity index (χ2v) is 7.30. The number of aromatic nitrogens is 3. The maximum absolute atomic E-state index is 14.0. The smallest absolute Gasteiger partial charge is 0.361 e. The summed E-state index contributed by atoms with van der Waals surface area (Å²) >= 11 is 0. The summed E-state index contributed by atoms with van der Waals surface area (Å²) in [6.07, 6.45) is 0. The van der Waals surface area contributed by atoms with Gasteiger partial charge in [-0.2, -0.15) is 4.98 Å². The Bertz CT molecular complexity index is 1230. The Morgan fingerprint density at radius 3 is 2.59 bits per heavy atom. The molecule has 4 rings (SSSR count). The van der Waals surface area contributed by atoms with E-state index >= 15 is 0 Å². The Hall–Kier alpha value is -3.76. The molecule has 10 nitrogen and oxygen atoms in total. The van der Waals surface area contributed by atoms with Gasteiger partial charge in [0.1, 0.15) is 23.6 Å². The minimum absolute atomic E-state index is 0.0854. The van der Waals surface area contributed by atoms with E-state index in [1.807, 2.05) is 4.90 Å². The predicted molar refractivity (Wildman–Crippen MR) is 112 cm³/mol. The summed E-state index contributed by atoms with van der Waals surface area (Å²) in [6, 6.07) is 6.51. The highest BCUT2D eigenvalue weighted by Gasteiger charge is 2.27. The van der Waals surface area contributed by atoms with E-state index in [4.69, 9.17) is 9.26 Å². The molecule has 0 bridgehead atoms. The number of piperazine rings is 1. The summed E-state index contributed by atoms with van der Waals surface area (Å²) in [4.78, 5) is 45.7. The van der Waals surface area contributed by atoms with E-state index in [0.29, 0.717) is 31.9 Å². The fourth-order valence-corrected chi connectivity index (χ4v) is 3.70. The number of ether oxygens (including phenoxy) is 1. The standard InChI is InChI=1S/C21H22FN5O5/c1-3-31-21(30)18-17-19(32-24-18)23-13(2)27(20(17)29)12-16(28)26-10-8-25(9-11-26)15-7-5-4-6-14(15)22/h4-7H,3,8-12H2,1-2H3. The number of esters is 1. The first-order valence-corrected chi connectivity index (χ1v) is 10.2. The Labute approximate surface area is 182 Å². The highest BCUT2D eigenvalue weighted by molar-refractivity contribution is 5.99. The van der Waals surface area contributed by atoms with Crippen LogP contribution in [0.1, 0.15) is 23.2 Å². The van der Waals surface area contributed by atoms with E-state index in [9.17, 15) is 18.8 Å². The molecule has 1 amide bonds. The van der Waals surface area contributed by atoms with Crippen LogP contribution < -0.4 is 10.5 Å². The van der Waals surface area contributed by atoms with Crippen molar-refractivity contribution in [2.24, 2.45) is 0 Å². The van der Waals surface area contributed by atoms with Crippen molar-refractivity contribution < 1.29 is 23.2 Å². The number of rotatable bonds is 5. The molecule has 0 N–H and O–H groups in total. The summed E-state index contributed by atoms with van der Waals surface area (Å²) in [5, 5.41) is 3.49. The van der Waals surface area contributed by atoms with Crippen LogP contribution in [0.25, 0.3) is 11.1 Å². The van der Waals surface area contributed by atoms with Gasteiger partial charge >= 0.3 is 5.97 Å². The molecule has 11 heteroatoms. The summed E-state index contributed by atoms with van der Waals surface area (Å²) in [5.74, 6) is -1.12. The highest BCUT2D eigenvalue weighted by atomic mass is 19.1. The first-order valence-electron chi connectivity index (χ1n) is 10.2. The minimum Gasteiger partial charge on any atom is -0.461 e. The van der Waals surface area contributed by atoms with Crippen molar-refractivity contribution in [3.63, 3.8) is 0 Å². The number of anilines is 1. The Kier molecular flexibility index (Phi) is 5.89. The highest BCUT2D eigenvalue weighted by Crippen LogP contribution is 2.20. The van der Waals surface area contributed by atoms with Gasteiger partial charge in [-0.1, -0.05) is 17.3 Å². The molecule has 1 aliphatic rings. The van der Waals surface area contributed by atoms with Crippen molar-refractivity contribution in [2.75, 3.05) is 37.7 Å². The summed E-state index contributed by atoms with van der Waals surface area (Å²) in [5.41, 5.74) is -0.452. The van der Waals surface area contributed by atoms with Crippen molar-refractivity contribution in [1.29, 1.82) is 0 Å². The van der Waals surface area contributed by atoms with E-state index in [1.165, 1.54) is 10.6 Å². The number of para-hydroxylation sites is 1. The third kappa shape index (κ3) is 3.93. The van der Waals surface area contributed by atoms with Gasteiger partial charge < -0.3 is 19.1 Å². The van der Waals surface area contributed by atoms with Gasteiger partial charge in [-0.3, -0.25) is 14.2 Å². The molecule has 1 fully saturated rings. The summed E-state index contributed by atoms with van der Waals surface area (Å²) in [7, 11) is 0. The number of carbonyl (C=O) groups excluding carboxylic acids is 2. The van der Waals surface area contributed by atoms with E-state index in [1.54, 1.807) is 36.9 Å². The van der Waals surface area contributed by atoms with Crippen LogP contribution in [0.5, 0.6) is 0 Å². The second kappa shape index (κ2) is 8.77. The number of benzene rings is 1. The number of amides is 1. The monoisotopic (exact) mass is 443 g/mol. The number of fused-ring (bicyclic) bond motifs is 1. The van der Waals surface area contributed by atoms with Gasteiger partial charge in [0.2, 0.25) is 11.6 Å². The number of hydrogen-bond acceptors (Lipinski definition) is 8. The van der Waals surface area contributed by atoms with Gasteiger partial charge in [-0.15, -0.1) is 0 Å². The van der Waals surface area contributed by atoms with Crippen LogP contribution in [0.3, 0.4) is 0 Å². The minimum atomic E-state index is -0.795. The topological polar surface area (TPSA) is 111 Å². The van der Waals surface area contributed by atoms with E-state index in [-0.39, 0.29) is 47.5 Å². The SMILES string of the molecule is CCOC(=O)c1noc2nc(C)n(CC(=O)N3CCN(c4ccccc4F)CC3)c(=O)c12. The lowest BCUT2D eigenvalue weighted by Crippen LogP contribution is -2.50. The average Bonchev–Trinajstić information content (AvgIpc) is 3.21. The molecular weight excluding hydrogens is 421 g/mol. The zero-order valence-electron chi connectivity index (χ0n) is 17.7. The van der Waals surface area contributed by atoms with Crippen molar-refractivity contribution in [3.05, 3.63) is 52.0 Å². The van der Waals surface area contributed by atoms with Crippen LogP contribution in [0.2, 0.25) is 0 Å². The van der Waals surface area contributed by atoms with Crippen LogP contribution >= 0.6 is 0 Å². The molecule has 32 heavy (non-hydrogen) atoms. The van der Waals surface area contributed by atoms with Gasteiger partial charge in [0.05, 0.1) is 12.3 Å². The Morgan fingerprint density at radius 1 is 1.19 bits per heavy atom. The lowest BCUT2D eigenvalue weighted by atomic mass is 10.2. The molecule has 1 aliphatic heterocycles. The first kappa shape index (κ1) is 21.5. The Morgan fingerprint density at radius 2 is 1.91 bits per heavy atom. The largest absolute Gasteiger partial charge is 0.461 e. The van der Waals surface area contributed by atoms with Gasteiger partial charge in [0.15, 0.2) is 0 Å². The zero-order valence-corrected chi connectivity index (χ0v) is 17.7. The van der Waals surface area contributed by atoms with Gasteiger partial charge in [-0.05, 0) is 26.0 Å². The molecule has 2 aromatic heterocycles. The normalized spacial score (nSPS) is 14.1. The molecule has 1 aromatic carbocycles. The van der Waals surface area contributed by atoms with Gasteiger partial charge in [0, 0.05) is 26.2 Å². The average molecular weight is 443 g/mol. The summed E-state index contributed by atoms with van der Waals surface area (Å²) in [6.45, 7) is 4.77. The number of hydrogen-bond donors (Lipinski definition) is 0. The molecule has 0 atom stereocenters. The second-order valence-electron chi connectivity index (χ2n) is 7.30. The fourth-order valence-electron chi connectivity index (χ4n) is 3.70. The number of halogens is 1. The number of nitrogens with zero attached hydrogens (tertiary/aromatic N) is 5. The molecule has 0 spiro atoms. The van der Waals surface area contributed by atoms with Crippen molar-refractivity contribution >= 4 is 28.7 Å². The molecule has 0 radical (unpaired) electrons. The molecule has 0 unspecified atom stereocenters. The molecular formula is C21H22FN5O5. The van der Waals surface area contributed by atoms with E-state index in [2.05, 4.69) is 10.1 Å². The van der Waals surface area contributed by atoms with Gasteiger partial charge in [0.25, 0.3) is 11.3 Å². The molecule has 0 aliphatic carbocycles. The maximum atomic E-state index is 14.0. The Balaban J connectivity index is 1.52. The van der Waals surface area contributed by atoms with Crippen molar-refractivity contribution in [3.8, 4) is 0 Å². The predicted octanol–water partition coefficient (Wildman–Crippen LogP) is 1.36. The quantitative estimate of drug-likeness (QED) is 0.544. The molecule has 0 saturated carbocycles. The molecule has 3 aromatic rings. The maximum Gasteiger partial charge on any atom is 0.361 e. The van der Waals surface area contributed by atoms with Crippen LogP contribution in [-0.2, 0) is 16.1 Å². The molecule has 168 valence electrons. The first-order chi connectivity index (χ1) is 15.4. The zero-order chi connectivity index (χ0) is 22.8. The fraction of sp³-hybridized carbons (Fsp3) is 0.381. The molecule has 3 heterocycles. The van der Waals surface area contributed by atoms with Crippen molar-refractivity contribution in [1.82, 2.24) is 19.6 Å². The lowest BCUT2D eigenvalue weighted by Gasteiger charge is -2.36. The van der Waals surface area contributed by atoms with Gasteiger partial charge in [-0.25, -0.2) is 9.18 Å². The molecule has 1 saturated heterocycles. The van der Waals surface area contributed by atoms with Crippen LogP contribution in [-0.4, -0.2) is 64.3 Å². The third-order valence-corrected chi connectivity index (χ3v) is 5.37. The van der Waals surface area contributed by atoms with E-state index in [0.717, 1.165) is 0 Å². The third-order valence-electron chi connectivity index (χ3n) is 5.37.